The van der Waals surface area contributed by atoms with Crippen molar-refractivity contribution in [3.8, 4) is 11.5 Å². The Hall–Kier alpha value is -3.35. The van der Waals surface area contributed by atoms with Crippen LogP contribution in [0.2, 0.25) is 0 Å². The van der Waals surface area contributed by atoms with Crippen molar-refractivity contribution in [1.29, 1.82) is 0 Å². The molecule has 0 saturated carbocycles. The number of nitro groups is 1. The van der Waals surface area contributed by atoms with Gasteiger partial charge < -0.3 is 14.8 Å². The molecule has 0 spiro atoms. The predicted octanol–water partition coefficient (Wildman–Crippen LogP) is 3.44. The van der Waals surface area contributed by atoms with Crippen molar-refractivity contribution in [3.05, 3.63) is 69.9 Å². The van der Waals surface area contributed by atoms with E-state index in [-0.39, 0.29) is 18.3 Å². The molecule has 0 unspecified atom stereocenters. The number of carbonyl (C=O) groups is 1. The zero-order chi connectivity index (χ0) is 17.1. The summed E-state index contributed by atoms with van der Waals surface area (Å²) < 4.78 is 10.4. The number of nitro benzene ring substituents is 1. The van der Waals surface area contributed by atoms with Crippen molar-refractivity contribution in [3.63, 3.8) is 0 Å². The minimum absolute atomic E-state index is 0.0264. The third-order valence-electron chi connectivity index (χ3n) is 3.55. The molecular weight excluding hydrogens is 312 g/mol. The highest BCUT2D eigenvalue weighted by atomic mass is 16.7. The molecule has 122 valence electrons. The Morgan fingerprint density at radius 2 is 2.00 bits per heavy atom. The smallest absolute Gasteiger partial charge is 0.269 e. The number of nitrogens with zero attached hydrogens (tertiary/aromatic N) is 1. The van der Waals surface area contributed by atoms with Crippen molar-refractivity contribution in [2.45, 2.75) is 6.92 Å². The van der Waals surface area contributed by atoms with Gasteiger partial charge in [0.1, 0.15) is 0 Å². The molecule has 1 heterocycles. The summed E-state index contributed by atoms with van der Waals surface area (Å²) in [5.41, 5.74) is 1.91. The van der Waals surface area contributed by atoms with Crippen LogP contribution < -0.4 is 14.8 Å². The summed E-state index contributed by atoms with van der Waals surface area (Å²) >= 11 is 0. The maximum Gasteiger partial charge on any atom is 0.269 e. The van der Waals surface area contributed by atoms with E-state index in [1.165, 1.54) is 24.4 Å². The first-order valence-corrected chi connectivity index (χ1v) is 7.17. The summed E-state index contributed by atoms with van der Waals surface area (Å²) in [7, 11) is 0. The second-order valence-corrected chi connectivity index (χ2v) is 5.17. The Balaban J connectivity index is 1.68. The summed E-state index contributed by atoms with van der Waals surface area (Å²) in [6, 6.07) is 9.46. The monoisotopic (exact) mass is 326 g/mol. The number of rotatable bonds is 5. The molecule has 2 aromatic carbocycles. The van der Waals surface area contributed by atoms with E-state index >= 15 is 0 Å². The molecule has 0 saturated heterocycles. The van der Waals surface area contributed by atoms with Crippen LogP contribution in [0.5, 0.6) is 11.5 Å². The van der Waals surface area contributed by atoms with Crippen molar-refractivity contribution in [1.82, 2.24) is 0 Å². The molecule has 1 N–H and O–H groups in total. The fraction of sp³-hybridized carbons (Fsp3) is 0.118. The molecule has 7 heteroatoms. The number of ketones is 1. The van der Waals surface area contributed by atoms with Gasteiger partial charge in [-0.2, -0.15) is 0 Å². The van der Waals surface area contributed by atoms with Gasteiger partial charge in [-0.15, -0.1) is 0 Å². The number of hydrogen-bond donors (Lipinski definition) is 1. The van der Waals surface area contributed by atoms with Gasteiger partial charge in [0, 0.05) is 35.7 Å². The van der Waals surface area contributed by atoms with E-state index in [0.717, 1.165) is 0 Å². The van der Waals surface area contributed by atoms with E-state index in [2.05, 4.69) is 5.32 Å². The lowest BCUT2D eigenvalue weighted by molar-refractivity contribution is -0.384. The largest absolute Gasteiger partial charge is 0.454 e. The number of non-ortho nitro benzene ring substituents is 1. The van der Waals surface area contributed by atoms with Crippen LogP contribution in [0.25, 0.3) is 0 Å². The number of ether oxygens (including phenoxy) is 2. The second kappa shape index (κ2) is 6.41. The molecule has 1 aliphatic rings. The quantitative estimate of drug-likeness (QED) is 0.392. The lowest BCUT2D eigenvalue weighted by atomic mass is 10.1. The van der Waals surface area contributed by atoms with Gasteiger partial charge in [-0.3, -0.25) is 14.9 Å². The van der Waals surface area contributed by atoms with Crippen molar-refractivity contribution < 1.29 is 19.2 Å². The van der Waals surface area contributed by atoms with Crippen molar-refractivity contribution in [2.24, 2.45) is 0 Å². The maximum atomic E-state index is 12.2. The molecular formula is C17H14N2O5. The van der Waals surface area contributed by atoms with E-state index < -0.39 is 4.92 Å². The van der Waals surface area contributed by atoms with Crippen LogP contribution in [-0.2, 0) is 0 Å². The fourth-order valence-corrected chi connectivity index (χ4v) is 2.28. The summed E-state index contributed by atoms with van der Waals surface area (Å²) in [5, 5.41) is 13.7. The van der Waals surface area contributed by atoms with Crippen LogP contribution >= 0.6 is 0 Å². The molecule has 24 heavy (non-hydrogen) atoms. The molecule has 0 aromatic heterocycles. The van der Waals surface area contributed by atoms with Gasteiger partial charge in [0.25, 0.3) is 5.69 Å². The molecule has 0 atom stereocenters. The van der Waals surface area contributed by atoms with Crippen LogP contribution in [-0.4, -0.2) is 17.5 Å². The number of fused-ring (bicyclic) bond motifs is 1. The molecule has 1 aliphatic heterocycles. The van der Waals surface area contributed by atoms with Gasteiger partial charge in [-0.25, -0.2) is 0 Å². The zero-order valence-electron chi connectivity index (χ0n) is 12.8. The number of benzene rings is 2. The lowest BCUT2D eigenvalue weighted by Crippen LogP contribution is -1.98. The number of hydrogen-bond acceptors (Lipinski definition) is 6. The minimum atomic E-state index is -0.449. The first kappa shape index (κ1) is 15.5. The highest BCUT2D eigenvalue weighted by Gasteiger charge is 2.15. The van der Waals surface area contributed by atoms with Crippen LogP contribution in [0.4, 0.5) is 11.4 Å². The fourth-order valence-electron chi connectivity index (χ4n) is 2.28. The van der Waals surface area contributed by atoms with Gasteiger partial charge in [-0.05, 0) is 36.8 Å². The Morgan fingerprint density at radius 1 is 1.21 bits per heavy atom. The molecule has 0 fully saturated rings. The summed E-state index contributed by atoms with van der Waals surface area (Å²) in [6.07, 6.45) is 2.89. The van der Waals surface area contributed by atoms with Crippen LogP contribution in [0, 0.1) is 17.0 Å². The standard InChI is InChI=1S/C17H14N2O5/c1-11-8-13(19(21)22)3-4-14(11)18-7-6-15(20)12-2-5-16-17(9-12)24-10-23-16/h2-9,18H,10H2,1H3. The normalized spacial score (nSPS) is 12.4. The van der Waals surface area contributed by atoms with Gasteiger partial charge >= 0.3 is 0 Å². The molecule has 0 bridgehead atoms. The minimum Gasteiger partial charge on any atom is -0.454 e. The molecule has 0 aliphatic carbocycles. The summed E-state index contributed by atoms with van der Waals surface area (Å²) in [4.78, 5) is 22.4. The van der Waals surface area contributed by atoms with Crippen molar-refractivity contribution >= 4 is 17.2 Å². The van der Waals surface area contributed by atoms with Gasteiger partial charge in [-0.1, -0.05) is 0 Å². The van der Waals surface area contributed by atoms with E-state index in [9.17, 15) is 14.9 Å². The molecule has 2 aromatic rings. The first-order chi connectivity index (χ1) is 11.5. The Bertz CT molecular complexity index is 845. The number of anilines is 1. The molecule has 0 amide bonds. The Kier molecular flexibility index (Phi) is 4.15. The Morgan fingerprint density at radius 3 is 2.75 bits per heavy atom. The average molecular weight is 326 g/mol. The summed E-state index contributed by atoms with van der Waals surface area (Å²) in [5.74, 6) is 0.976. The van der Waals surface area contributed by atoms with Crippen LogP contribution in [0.1, 0.15) is 15.9 Å². The predicted molar refractivity (Wildman–Crippen MR) is 87.5 cm³/mol. The average Bonchev–Trinajstić information content (AvgIpc) is 3.03. The number of carbonyl (C=O) groups excluding carboxylic acids is 1. The highest BCUT2D eigenvalue weighted by molar-refractivity contribution is 6.05. The number of nitrogens with one attached hydrogen (secondary N) is 1. The van der Waals surface area contributed by atoms with Crippen LogP contribution in [0.15, 0.2) is 48.7 Å². The molecule has 7 nitrogen and oxygen atoms in total. The topological polar surface area (TPSA) is 90.7 Å². The van der Waals surface area contributed by atoms with Gasteiger partial charge in [0.15, 0.2) is 17.3 Å². The third-order valence-corrected chi connectivity index (χ3v) is 3.55. The van der Waals surface area contributed by atoms with Gasteiger partial charge in [0.2, 0.25) is 6.79 Å². The highest BCUT2D eigenvalue weighted by Crippen LogP contribution is 2.32. The number of aryl methyl sites for hydroxylation is 1. The van der Waals surface area contributed by atoms with Crippen LogP contribution in [0.3, 0.4) is 0 Å². The maximum absolute atomic E-state index is 12.2. The van der Waals surface area contributed by atoms with E-state index in [1.54, 1.807) is 31.2 Å². The first-order valence-electron chi connectivity index (χ1n) is 7.17. The zero-order valence-corrected chi connectivity index (χ0v) is 12.8. The third kappa shape index (κ3) is 3.19. The summed E-state index contributed by atoms with van der Waals surface area (Å²) in [6.45, 7) is 1.91. The molecule has 0 radical (unpaired) electrons. The Labute approximate surface area is 137 Å². The second-order valence-electron chi connectivity index (χ2n) is 5.17. The molecule has 3 rings (SSSR count). The van der Waals surface area contributed by atoms with E-state index in [1.807, 2.05) is 0 Å². The van der Waals surface area contributed by atoms with E-state index in [4.69, 9.17) is 9.47 Å². The number of allylic oxidation sites excluding steroid dienone is 1. The van der Waals surface area contributed by atoms with E-state index in [0.29, 0.717) is 28.3 Å². The lowest BCUT2D eigenvalue weighted by Gasteiger charge is -2.05. The SMILES string of the molecule is Cc1cc([N+](=O)[O-])ccc1NC=CC(=O)c1ccc2c(c1)OCO2. The van der Waals surface area contributed by atoms with Gasteiger partial charge in [0.05, 0.1) is 4.92 Å². The van der Waals surface area contributed by atoms with Crippen molar-refractivity contribution in [2.75, 3.05) is 12.1 Å².